The lowest BCUT2D eigenvalue weighted by molar-refractivity contribution is 0.276. The van der Waals surface area contributed by atoms with E-state index >= 15 is 0 Å². The van der Waals surface area contributed by atoms with Gasteiger partial charge < -0.3 is 15.2 Å². The molecule has 0 aliphatic rings. The van der Waals surface area contributed by atoms with E-state index in [1.54, 1.807) is 12.1 Å². The van der Waals surface area contributed by atoms with Crippen molar-refractivity contribution in [2.45, 2.75) is 11.3 Å². The van der Waals surface area contributed by atoms with Crippen molar-refractivity contribution in [2.75, 3.05) is 32.8 Å². The lowest BCUT2D eigenvalue weighted by Crippen LogP contribution is -2.26. The van der Waals surface area contributed by atoms with Crippen LogP contribution in [-0.2, 0) is 16.4 Å². The van der Waals surface area contributed by atoms with Crippen LogP contribution in [0.4, 0.5) is 0 Å². The Kier molecular flexibility index (Phi) is 8.34. The molecule has 26 heavy (non-hydrogen) atoms. The summed E-state index contributed by atoms with van der Waals surface area (Å²) in [5, 5.41) is 12.2. The average Bonchev–Trinajstić information content (AvgIpc) is 2.62. The fourth-order valence-electron chi connectivity index (χ4n) is 2.26. The number of halogens is 1. The molecular formula is C18H23ClN2O4S. The van der Waals surface area contributed by atoms with Crippen LogP contribution in [0.3, 0.4) is 0 Å². The van der Waals surface area contributed by atoms with E-state index in [2.05, 4.69) is 10.0 Å². The van der Waals surface area contributed by atoms with Crippen molar-refractivity contribution in [2.24, 2.45) is 0 Å². The molecule has 0 spiro atoms. The molecule has 6 nitrogen and oxygen atoms in total. The Balaban J connectivity index is 1.82. The second-order valence-corrected chi connectivity index (χ2v) is 7.77. The van der Waals surface area contributed by atoms with Crippen molar-refractivity contribution >= 4 is 21.6 Å². The molecule has 8 heteroatoms. The third-order valence-corrected chi connectivity index (χ3v) is 5.29. The second kappa shape index (κ2) is 10.5. The Labute approximate surface area is 159 Å². The highest BCUT2D eigenvalue weighted by molar-refractivity contribution is 7.89. The smallest absolute Gasteiger partial charge is 0.240 e. The number of rotatable bonds is 11. The van der Waals surface area contributed by atoms with Gasteiger partial charge in [-0.15, -0.1) is 0 Å². The minimum absolute atomic E-state index is 0.0986. The molecule has 2 aromatic carbocycles. The van der Waals surface area contributed by atoms with Gasteiger partial charge in [0.1, 0.15) is 12.4 Å². The molecule has 0 atom stereocenters. The van der Waals surface area contributed by atoms with Gasteiger partial charge in [-0.05, 0) is 48.4 Å². The highest BCUT2D eigenvalue weighted by atomic mass is 35.5. The lowest BCUT2D eigenvalue weighted by Gasteiger charge is -2.10. The highest BCUT2D eigenvalue weighted by Gasteiger charge is 2.12. The van der Waals surface area contributed by atoms with Crippen molar-refractivity contribution in [3.63, 3.8) is 0 Å². The van der Waals surface area contributed by atoms with Crippen LogP contribution in [0.5, 0.6) is 5.75 Å². The van der Waals surface area contributed by atoms with Crippen LogP contribution in [0.1, 0.15) is 5.56 Å². The van der Waals surface area contributed by atoms with Crippen LogP contribution in [-0.4, -0.2) is 46.4 Å². The molecule has 0 radical (unpaired) electrons. The summed E-state index contributed by atoms with van der Waals surface area (Å²) in [5.74, 6) is 0.730. The Morgan fingerprint density at radius 3 is 2.54 bits per heavy atom. The van der Waals surface area contributed by atoms with Crippen LogP contribution in [0, 0.1) is 0 Å². The average molecular weight is 399 g/mol. The molecule has 0 unspecified atom stereocenters. The lowest BCUT2D eigenvalue weighted by atomic mass is 10.1. The van der Waals surface area contributed by atoms with Crippen molar-refractivity contribution in [3.05, 3.63) is 59.1 Å². The SMILES string of the molecule is O=S(=O)(NCCc1cccc(OCCNCCO)c1)c1ccc(Cl)cc1. The summed E-state index contributed by atoms with van der Waals surface area (Å²) in [5.41, 5.74) is 0.977. The monoisotopic (exact) mass is 398 g/mol. The largest absolute Gasteiger partial charge is 0.492 e. The number of hydrogen-bond acceptors (Lipinski definition) is 5. The maximum absolute atomic E-state index is 12.2. The molecule has 0 heterocycles. The highest BCUT2D eigenvalue weighted by Crippen LogP contribution is 2.15. The number of hydrogen-bond donors (Lipinski definition) is 3. The van der Waals surface area contributed by atoms with Gasteiger partial charge in [-0.2, -0.15) is 0 Å². The van der Waals surface area contributed by atoms with Crippen molar-refractivity contribution in [3.8, 4) is 5.75 Å². The third kappa shape index (κ3) is 6.93. The molecule has 142 valence electrons. The van der Waals surface area contributed by atoms with Crippen molar-refractivity contribution in [1.29, 1.82) is 0 Å². The summed E-state index contributed by atoms with van der Waals surface area (Å²) in [6, 6.07) is 13.6. The van der Waals surface area contributed by atoms with Crippen LogP contribution in [0.2, 0.25) is 5.02 Å². The van der Waals surface area contributed by atoms with Gasteiger partial charge in [-0.3, -0.25) is 0 Å². The maximum Gasteiger partial charge on any atom is 0.240 e. The number of aliphatic hydroxyl groups excluding tert-OH is 1. The Morgan fingerprint density at radius 1 is 1.04 bits per heavy atom. The predicted octanol–water partition coefficient (Wildman–Crippen LogP) is 1.82. The Hall–Kier alpha value is -1.64. The zero-order chi connectivity index (χ0) is 18.8. The first-order valence-electron chi connectivity index (χ1n) is 8.30. The summed E-state index contributed by atoms with van der Waals surface area (Å²) in [4.78, 5) is 0.189. The Bertz CT molecular complexity index is 782. The summed E-state index contributed by atoms with van der Waals surface area (Å²) < 4.78 is 32.7. The van der Waals surface area contributed by atoms with Crippen molar-refractivity contribution in [1.82, 2.24) is 10.0 Å². The van der Waals surface area contributed by atoms with Gasteiger partial charge in [0.2, 0.25) is 10.0 Å². The van der Waals surface area contributed by atoms with E-state index in [-0.39, 0.29) is 18.0 Å². The molecule has 2 rings (SSSR count). The molecule has 0 amide bonds. The summed E-state index contributed by atoms with van der Waals surface area (Å²) in [6.07, 6.45) is 0.548. The second-order valence-electron chi connectivity index (χ2n) is 5.57. The van der Waals surface area contributed by atoms with E-state index in [4.69, 9.17) is 21.4 Å². The minimum atomic E-state index is -3.55. The van der Waals surface area contributed by atoms with Gasteiger partial charge in [-0.25, -0.2) is 13.1 Å². The van der Waals surface area contributed by atoms with Crippen LogP contribution in [0.15, 0.2) is 53.4 Å². The maximum atomic E-state index is 12.2. The van der Waals surface area contributed by atoms with Gasteiger partial charge in [0, 0.05) is 24.7 Å². The number of benzene rings is 2. The minimum Gasteiger partial charge on any atom is -0.492 e. The first-order valence-corrected chi connectivity index (χ1v) is 10.2. The molecular weight excluding hydrogens is 376 g/mol. The van der Waals surface area contributed by atoms with Gasteiger partial charge in [0.05, 0.1) is 11.5 Å². The molecule has 0 saturated carbocycles. The summed E-state index contributed by atoms with van der Waals surface area (Å²) in [7, 11) is -3.55. The molecule has 0 fully saturated rings. The zero-order valence-corrected chi connectivity index (χ0v) is 15.9. The Morgan fingerprint density at radius 2 is 1.81 bits per heavy atom. The van der Waals surface area contributed by atoms with Crippen molar-refractivity contribution < 1.29 is 18.3 Å². The van der Waals surface area contributed by atoms with Crippen LogP contribution in [0.25, 0.3) is 0 Å². The molecule has 0 aliphatic carbocycles. The molecule has 3 N–H and O–H groups in total. The van der Waals surface area contributed by atoms with E-state index in [9.17, 15) is 8.42 Å². The number of sulfonamides is 1. The molecule has 0 saturated heterocycles. The van der Waals surface area contributed by atoms with Gasteiger partial charge >= 0.3 is 0 Å². The standard InChI is InChI=1S/C18H23ClN2O4S/c19-16-4-6-18(7-5-16)26(23,24)21-9-8-15-2-1-3-17(14-15)25-13-11-20-10-12-22/h1-7,14,20-22H,8-13H2. The van der Waals surface area contributed by atoms with Crippen LogP contribution >= 0.6 is 11.6 Å². The topological polar surface area (TPSA) is 87.7 Å². The van der Waals surface area contributed by atoms with E-state index in [0.717, 1.165) is 11.3 Å². The van der Waals surface area contributed by atoms with Gasteiger partial charge in [0.25, 0.3) is 0 Å². The van der Waals surface area contributed by atoms with E-state index in [1.165, 1.54) is 12.1 Å². The number of ether oxygens (including phenoxy) is 1. The fraction of sp³-hybridized carbons (Fsp3) is 0.333. The summed E-state index contributed by atoms with van der Waals surface area (Å²) >= 11 is 5.78. The first-order chi connectivity index (χ1) is 12.5. The normalized spacial score (nSPS) is 11.5. The summed E-state index contributed by atoms with van der Waals surface area (Å²) in [6.45, 7) is 2.06. The molecule has 0 bridgehead atoms. The van der Waals surface area contributed by atoms with E-state index < -0.39 is 10.0 Å². The molecule has 0 aliphatic heterocycles. The molecule has 2 aromatic rings. The third-order valence-electron chi connectivity index (χ3n) is 3.56. The number of nitrogens with one attached hydrogen (secondary N) is 2. The van der Waals surface area contributed by atoms with Crippen LogP contribution < -0.4 is 14.8 Å². The van der Waals surface area contributed by atoms with E-state index in [1.807, 2.05) is 24.3 Å². The molecule has 0 aromatic heterocycles. The number of aliphatic hydroxyl groups is 1. The first kappa shape index (κ1) is 20.7. The van der Waals surface area contributed by atoms with Gasteiger partial charge in [-0.1, -0.05) is 23.7 Å². The predicted molar refractivity (Wildman–Crippen MR) is 102 cm³/mol. The fourth-order valence-corrected chi connectivity index (χ4v) is 3.42. The zero-order valence-electron chi connectivity index (χ0n) is 14.3. The van der Waals surface area contributed by atoms with E-state index in [0.29, 0.717) is 31.1 Å². The quantitative estimate of drug-likeness (QED) is 0.502. The van der Waals surface area contributed by atoms with Gasteiger partial charge in [0.15, 0.2) is 0 Å².